The number of anilines is 1. The van der Waals surface area contributed by atoms with Gasteiger partial charge in [0.1, 0.15) is 5.78 Å². The highest BCUT2D eigenvalue weighted by atomic mass is 19.4. The number of fused-ring (bicyclic) bond motifs is 1. The van der Waals surface area contributed by atoms with Crippen molar-refractivity contribution in [2.45, 2.75) is 32.4 Å². The predicted molar refractivity (Wildman–Crippen MR) is 107 cm³/mol. The summed E-state index contributed by atoms with van der Waals surface area (Å²) in [6, 6.07) is 6.07. The van der Waals surface area contributed by atoms with Crippen LogP contribution in [0.3, 0.4) is 0 Å². The van der Waals surface area contributed by atoms with Gasteiger partial charge in [0, 0.05) is 43.2 Å². The quantitative estimate of drug-likeness (QED) is 0.806. The fraction of sp³-hybridized carbons (Fsp3) is 0.545. The molecule has 4 rings (SSSR count). The van der Waals surface area contributed by atoms with Crippen LogP contribution in [0.2, 0.25) is 0 Å². The minimum Gasteiger partial charge on any atom is -0.370 e. The maximum Gasteiger partial charge on any atom is 0.418 e. The van der Waals surface area contributed by atoms with E-state index in [1.165, 1.54) is 6.20 Å². The molecule has 156 valence electrons. The first kappa shape index (κ1) is 20.1. The third-order valence-corrected chi connectivity index (χ3v) is 6.04. The van der Waals surface area contributed by atoms with Gasteiger partial charge in [-0.25, -0.2) is 0 Å². The Hall–Kier alpha value is -2.15. The van der Waals surface area contributed by atoms with Gasteiger partial charge in [0.15, 0.2) is 0 Å². The summed E-state index contributed by atoms with van der Waals surface area (Å²) in [5.41, 5.74) is 0.0527. The first-order chi connectivity index (χ1) is 13.8. The molecule has 1 aromatic carbocycles. The van der Waals surface area contributed by atoms with Crippen LogP contribution in [0.1, 0.15) is 31.7 Å². The number of hydrogen-bond acceptors (Lipinski definition) is 4. The monoisotopic (exact) mass is 405 g/mol. The summed E-state index contributed by atoms with van der Waals surface area (Å²) >= 11 is 0. The second kappa shape index (κ2) is 7.94. The van der Waals surface area contributed by atoms with Gasteiger partial charge in [-0.1, -0.05) is 6.92 Å². The lowest BCUT2D eigenvalue weighted by molar-refractivity contribution is -0.136. The number of halogens is 3. The topological polar surface area (TPSA) is 45.2 Å². The predicted octanol–water partition coefficient (Wildman–Crippen LogP) is 4.28. The van der Waals surface area contributed by atoms with E-state index in [0.717, 1.165) is 37.8 Å². The maximum absolute atomic E-state index is 13.4. The van der Waals surface area contributed by atoms with Gasteiger partial charge in [0.25, 0.3) is 0 Å². The molecule has 0 unspecified atom stereocenters. The molecule has 4 nitrogen and oxygen atoms in total. The van der Waals surface area contributed by atoms with Crippen LogP contribution >= 0.6 is 0 Å². The Morgan fingerprint density at radius 2 is 1.93 bits per heavy atom. The molecule has 7 heteroatoms. The van der Waals surface area contributed by atoms with Crippen molar-refractivity contribution < 1.29 is 18.0 Å². The van der Waals surface area contributed by atoms with Crippen LogP contribution in [0.5, 0.6) is 0 Å². The van der Waals surface area contributed by atoms with Gasteiger partial charge in [-0.15, -0.1) is 0 Å². The molecule has 2 aliphatic heterocycles. The highest BCUT2D eigenvalue weighted by Crippen LogP contribution is 2.39. The summed E-state index contributed by atoms with van der Waals surface area (Å²) in [5.74, 6) is 1.37. The van der Waals surface area contributed by atoms with Gasteiger partial charge in [-0.2, -0.15) is 13.2 Å². The molecule has 1 N–H and O–H groups in total. The molecular weight excluding hydrogens is 379 g/mol. The lowest BCUT2D eigenvalue weighted by Gasteiger charge is -2.38. The van der Waals surface area contributed by atoms with E-state index in [1.807, 2.05) is 0 Å². The SMILES string of the molecule is C[C@H]1C[C@@H](CC(=O)CC2CNC2)CN(c2ccc(C(F)(F)F)c3ncccc23)C1. The molecule has 2 atom stereocenters. The van der Waals surface area contributed by atoms with Gasteiger partial charge in [-0.05, 0) is 61.5 Å². The number of aromatic nitrogens is 1. The molecule has 0 spiro atoms. The van der Waals surface area contributed by atoms with Crippen LogP contribution in [0.4, 0.5) is 18.9 Å². The minimum atomic E-state index is -4.44. The number of Topliss-reactive ketones (excluding diaryl/α,β-unsaturated/α-hetero) is 1. The molecule has 0 radical (unpaired) electrons. The van der Waals surface area contributed by atoms with E-state index in [1.54, 1.807) is 18.2 Å². The number of pyridine rings is 1. The van der Waals surface area contributed by atoms with Gasteiger partial charge in [-0.3, -0.25) is 9.78 Å². The summed E-state index contributed by atoms with van der Waals surface area (Å²) in [4.78, 5) is 18.6. The molecule has 1 aromatic heterocycles. The summed E-state index contributed by atoms with van der Waals surface area (Å²) in [5, 5.41) is 3.71. The van der Waals surface area contributed by atoms with Crippen molar-refractivity contribution in [3.63, 3.8) is 0 Å². The smallest absolute Gasteiger partial charge is 0.370 e. The second-order valence-electron chi connectivity index (χ2n) is 8.61. The summed E-state index contributed by atoms with van der Waals surface area (Å²) in [6.45, 7) is 5.44. The van der Waals surface area contributed by atoms with Crippen molar-refractivity contribution in [2.24, 2.45) is 17.8 Å². The number of carbonyl (C=O) groups is 1. The van der Waals surface area contributed by atoms with Crippen LogP contribution in [0.25, 0.3) is 10.9 Å². The minimum absolute atomic E-state index is 0.0131. The van der Waals surface area contributed by atoms with E-state index in [9.17, 15) is 18.0 Å². The zero-order valence-electron chi connectivity index (χ0n) is 16.5. The van der Waals surface area contributed by atoms with Crippen molar-refractivity contribution in [3.8, 4) is 0 Å². The second-order valence-corrected chi connectivity index (χ2v) is 8.61. The van der Waals surface area contributed by atoms with Gasteiger partial charge in [0.05, 0.1) is 11.1 Å². The third-order valence-electron chi connectivity index (χ3n) is 6.04. The van der Waals surface area contributed by atoms with Gasteiger partial charge in [0.2, 0.25) is 0 Å². The number of ketones is 1. The zero-order chi connectivity index (χ0) is 20.6. The van der Waals surface area contributed by atoms with E-state index >= 15 is 0 Å². The molecule has 0 amide bonds. The standard InChI is InChI=1S/C22H26F3N3O/c1-14-7-15(8-17(29)9-16-10-26-11-16)13-28(12-14)20-5-4-19(22(23,24)25)21-18(20)3-2-6-27-21/h2-6,14-16,26H,7-13H2,1H3/t14-,15-/m0/s1. The normalized spacial score (nSPS) is 23.2. The zero-order valence-corrected chi connectivity index (χ0v) is 16.5. The Balaban J connectivity index is 1.57. The number of piperidine rings is 1. The Kier molecular flexibility index (Phi) is 5.51. The first-order valence-electron chi connectivity index (χ1n) is 10.2. The molecular formula is C22H26F3N3O. The number of benzene rings is 1. The fourth-order valence-electron chi connectivity index (χ4n) is 4.71. The lowest BCUT2D eigenvalue weighted by atomic mass is 9.84. The molecule has 2 aliphatic rings. The van der Waals surface area contributed by atoms with Crippen molar-refractivity contribution in [1.29, 1.82) is 0 Å². The van der Waals surface area contributed by atoms with Gasteiger partial charge < -0.3 is 10.2 Å². The Morgan fingerprint density at radius 1 is 1.17 bits per heavy atom. The van der Waals surface area contributed by atoms with Crippen LogP contribution < -0.4 is 10.2 Å². The lowest BCUT2D eigenvalue weighted by Crippen LogP contribution is -2.44. The maximum atomic E-state index is 13.4. The Morgan fingerprint density at radius 3 is 2.62 bits per heavy atom. The molecule has 3 heterocycles. The molecule has 0 bridgehead atoms. The molecule has 0 saturated carbocycles. The highest BCUT2D eigenvalue weighted by molar-refractivity contribution is 5.94. The molecule has 0 aliphatic carbocycles. The van der Waals surface area contributed by atoms with E-state index in [-0.39, 0.29) is 11.4 Å². The summed E-state index contributed by atoms with van der Waals surface area (Å²) in [7, 11) is 0. The number of alkyl halides is 3. The summed E-state index contributed by atoms with van der Waals surface area (Å²) < 4.78 is 40.2. The van der Waals surface area contributed by atoms with Crippen molar-refractivity contribution in [2.75, 3.05) is 31.1 Å². The average molecular weight is 405 g/mol. The number of rotatable bonds is 5. The van der Waals surface area contributed by atoms with E-state index in [0.29, 0.717) is 42.4 Å². The molecule has 2 saturated heterocycles. The average Bonchev–Trinajstić information content (AvgIpc) is 2.62. The van der Waals surface area contributed by atoms with E-state index in [4.69, 9.17) is 0 Å². The fourth-order valence-corrected chi connectivity index (χ4v) is 4.71. The molecule has 2 aromatic rings. The number of hydrogen-bond donors (Lipinski definition) is 1. The van der Waals surface area contributed by atoms with Crippen molar-refractivity contribution in [3.05, 3.63) is 36.0 Å². The largest absolute Gasteiger partial charge is 0.418 e. The molecule has 2 fully saturated rings. The summed E-state index contributed by atoms with van der Waals surface area (Å²) in [6.07, 6.45) is -0.885. The van der Waals surface area contributed by atoms with Crippen molar-refractivity contribution in [1.82, 2.24) is 10.3 Å². The highest BCUT2D eigenvalue weighted by Gasteiger charge is 2.35. The van der Waals surface area contributed by atoms with Crippen LogP contribution in [-0.2, 0) is 11.0 Å². The number of carbonyl (C=O) groups excluding carboxylic acids is 1. The Bertz CT molecular complexity index is 894. The molecule has 29 heavy (non-hydrogen) atoms. The van der Waals surface area contributed by atoms with Crippen LogP contribution in [-0.4, -0.2) is 36.9 Å². The number of nitrogens with one attached hydrogen (secondary N) is 1. The van der Waals surface area contributed by atoms with Crippen molar-refractivity contribution >= 4 is 22.4 Å². The Labute approximate surface area is 168 Å². The first-order valence-corrected chi connectivity index (χ1v) is 10.2. The van der Waals surface area contributed by atoms with Crippen LogP contribution in [0, 0.1) is 17.8 Å². The van der Waals surface area contributed by atoms with E-state index in [2.05, 4.69) is 22.1 Å². The number of nitrogens with zero attached hydrogens (tertiary/aromatic N) is 2. The van der Waals surface area contributed by atoms with Gasteiger partial charge >= 0.3 is 6.18 Å². The van der Waals surface area contributed by atoms with Crippen LogP contribution in [0.15, 0.2) is 30.5 Å². The van der Waals surface area contributed by atoms with E-state index < -0.39 is 11.7 Å². The third kappa shape index (κ3) is 4.39.